The van der Waals surface area contributed by atoms with Crippen molar-refractivity contribution in [3.05, 3.63) is 88.1 Å². The van der Waals surface area contributed by atoms with Gasteiger partial charge in [0, 0.05) is 31.0 Å². The van der Waals surface area contributed by atoms with Gasteiger partial charge in [0.2, 0.25) is 0 Å². The molecular weight excluding hydrogens is 318 g/mol. The minimum absolute atomic E-state index is 0.159. The number of nitro benzene ring substituents is 1. The summed E-state index contributed by atoms with van der Waals surface area (Å²) in [5.74, 6) is 0.864. The van der Waals surface area contributed by atoms with E-state index in [1.807, 2.05) is 36.5 Å². The highest BCUT2D eigenvalue weighted by molar-refractivity contribution is 5.45. The first-order valence-electron chi connectivity index (χ1n) is 8.39. The van der Waals surface area contributed by atoms with Crippen LogP contribution in [-0.4, -0.2) is 20.9 Å². The molecule has 128 valence electrons. The molecule has 1 aliphatic heterocycles. The van der Waals surface area contributed by atoms with Gasteiger partial charge in [0.1, 0.15) is 5.76 Å². The van der Waals surface area contributed by atoms with E-state index in [-0.39, 0.29) is 16.7 Å². The number of furan rings is 1. The lowest BCUT2D eigenvalue weighted by Gasteiger charge is -2.29. The molecule has 1 atom stereocenters. The topological polar surface area (TPSA) is 64.5 Å². The van der Waals surface area contributed by atoms with Crippen molar-refractivity contribution in [1.82, 2.24) is 9.47 Å². The van der Waals surface area contributed by atoms with Crippen LogP contribution in [0.4, 0.5) is 5.69 Å². The molecule has 1 aromatic carbocycles. The molecule has 0 radical (unpaired) electrons. The van der Waals surface area contributed by atoms with E-state index in [1.165, 1.54) is 0 Å². The lowest BCUT2D eigenvalue weighted by Crippen LogP contribution is -2.29. The minimum Gasteiger partial charge on any atom is -0.468 e. The molecule has 3 aromatic rings. The number of para-hydroxylation sites is 1. The number of hydrogen-bond donors (Lipinski definition) is 0. The highest BCUT2D eigenvalue weighted by Crippen LogP contribution is 2.37. The zero-order valence-electron chi connectivity index (χ0n) is 13.7. The van der Waals surface area contributed by atoms with Crippen molar-refractivity contribution in [3.63, 3.8) is 0 Å². The van der Waals surface area contributed by atoms with Crippen molar-refractivity contribution in [2.45, 2.75) is 25.6 Å². The predicted molar refractivity (Wildman–Crippen MR) is 93.1 cm³/mol. The van der Waals surface area contributed by atoms with E-state index in [9.17, 15) is 10.1 Å². The lowest BCUT2D eigenvalue weighted by atomic mass is 9.99. The first kappa shape index (κ1) is 15.7. The van der Waals surface area contributed by atoms with Gasteiger partial charge in [-0.05, 0) is 30.7 Å². The van der Waals surface area contributed by atoms with Gasteiger partial charge in [-0.25, -0.2) is 0 Å². The maximum Gasteiger partial charge on any atom is 0.274 e. The lowest BCUT2D eigenvalue weighted by molar-refractivity contribution is -0.385. The van der Waals surface area contributed by atoms with Gasteiger partial charge < -0.3 is 8.98 Å². The fraction of sp³-hybridized carbons (Fsp3) is 0.263. The molecular formula is C19H19N3O3. The highest BCUT2D eigenvalue weighted by atomic mass is 16.6. The summed E-state index contributed by atoms with van der Waals surface area (Å²) in [5.41, 5.74) is 1.96. The number of benzene rings is 1. The molecule has 1 unspecified atom stereocenters. The van der Waals surface area contributed by atoms with E-state index >= 15 is 0 Å². The van der Waals surface area contributed by atoms with E-state index < -0.39 is 0 Å². The predicted octanol–water partition coefficient (Wildman–Crippen LogP) is 3.98. The van der Waals surface area contributed by atoms with Crippen LogP contribution >= 0.6 is 0 Å². The van der Waals surface area contributed by atoms with Crippen molar-refractivity contribution < 1.29 is 9.34 Å². The molecule has 0 N–H and O–H groups in total. The summed E-state index contributed by atoms with van der Waals surface area (Å²) in [7, 11) is 0. The van der Waals surface area contributed by atoms with Gasteiger partial charge in [-0.2, -0.15) is 0 Å². The van der Waals surface area contributed by atoms with Crippen LogP contribution in [-0.2, 0) is 13.1 Å². The summed E-state index contributed by atoms with van der Waals surface area (Å²) in [6.45, 7) is 2.38. The molecule has 6 nitrogen and oxygen atoms in total. The van der Waals surface area contributed by atoms with Crippen molar-refractivity contribution in [2.24, 2.45) is 0 Å². The van der Waals surface area contributed by atoms with Crippen LogP contribution in [0.25, 0.3) is 0 Å². The molecule has 6 heteroatoms. The Hall–Kier alpha value is -2.86. The Morgan fingerprint density at radius 3 is 2.80 bits per heavy atom. The van der Waals surface area contributed by atoms with Crippen molar-refractivity contribution in [1.29, 1.82) is 0 Å². The smallest absolute Gasteiger partial charge is 0.274 e. The first-order chi connectivity index (χ1) is 12.2. The molecule has 0 spiro atoms. The second kappa shape index (κ2) is 6.57. The van der Waals surface area contributed by atoms with E-state index in [0.717, 1.165) is 36.5 Å². The number of aryl methyl sites for hydroxylation is 1. The van der Waals surface area contributed by atoms with E-state index in [1.54, 1.807) is 18.4 Å². The third-order valence-electron chi connectivity index (χ3n) is 4.72. The summed E-state index contributed by atoms with van der Waals surface area (Å²) in [5, 5.41) is 11.6. The largest absolute Gasteiger partial charge is 0.468 e. The number of rotatable bonds is 4. The van der Waals surface area contributed by atoms with Gasteiger partial charge in [-0.15, -0.1) is 0 Å². The molecule has 0 bridgehead atoms. The van der Waals surface area contributed by atoms with Gasteiger partial charge in [0.25, 0.3) is 5.69 Å². The van der Waals surface area contributed by atoms with Crippen LogP contribution in [0, 0.1) is 10.1 Å². The van der Waals surface area contributed by atoms with Crippen LogP contribution in [0.5, 0.6) is 0 Å². The Labute approximate surface area is 145 Å². The van der Waals surface area contributed by atoms with Crippen molar-refractivity contribution in [3.8, 4) is 0 Å². The Balaban J connectivity index is 1.83. The standard InChI is InChI=1S/C19H19N3O3/c23-22(24)17-8-2-1-7-16(17)19-18-9-3-10-20(18)11-5-12-21(19)14-15-6-4-13-25-15/h1-4,6-10,13,19H,5,11-12,14H2. The summed E-state index contributed by atoms with van der Waals surface area (Å²) >= 11 is 0. The van der Waals surface area contributed by atoms with Gasteiger partial charge in [0.15, 0.2) is 0 Å². The zero-order chi connectivity index (χ0) is 17.2. The fourth-order valence-corrected chi connectivity index (χ4v) is 3.65. The normalized spacial score (nSPS) is 17.8. The van der Waals surface area contributed by atoms with Gasteiger partial charge in [-0.3, -0.25) is 15.0 Å². The van der Waals surface area contributed by atoms with Crippen LogP contribution < -0.4 is 0 Å². The minimum atomic E-state index is -0.293. The number of nitro groups is 1. The molecule has 1 aliphatic rings. The Morgan fingerprint density at radius 2 is 2.00 bits per heavy atom. The Morgan fingerprint density at radius 1 is 1.12 bits per heavy atom. The summed E-state index contributed by atoms with van der Waals surface area (Å²) in [6.07, 6.45) is 4.70. The molecule has 0 amide bonds. The molecule has 25 heavy (non-hydrogen) atoms. The molecule has 0 saturated heterocycles. The van der Waals surface area contributed by atoms with Crippen LogP contribution in [0.1, 0.15) is 29.5 Å². The molecule has 3 heterocycles. The van der Waals surface area contributed by atoms with Crippen LogP contribution in [0.3, 0.4) is 0 Å². The number of hydrogen-bond acceptors (Lipinski definition) is 4. The third kappa shape index (κ3) is 2.96. The van der Waals surface area contributed by atoms with Crippen LogP contribution in [0.15, 0.2) is 65.4 Å². The SMILES string of the molecule is O=[N+]([O-])c1ccccc1C1c2cccn2CCCN1Cc1ccco1. The third-order valence-corrected chi connectivity index (χ3v) is 4.72. The number of aromatic nitrogens is 1. The first-order valence-corrected chi connectivity index (χ1v) is 8.39. The Kier molecular flexibility index (Phi) is 4.11. The quantitative estimate of drug-likeness (QED) is 0.533. The van der Waals surface area contributed by atoms with Gasteiger partial charge in [0.05, 0.1) is 29.3 Å². The van der Waals surface area contributed by atoms with Gasteiger partial charge >= 0.3 is 0 Å². The van der Waals surface area contributed by atoms with Gasteiger partial charge in [-0.1, -0.05) is 18.2 Å². The molecule has 0 aliphatic carbocycles. The van der Waals surface area contributed by atoms with Crippen LogP contribution in [0.2, 0.25) is 0 Å². The second-order valence-corrected chi connectivity index (χ2v) is 6.25. The monoisotopic (exact) mass is 337 g/mol. The maximum atomic E-state index is 11.6. The summed E-state index contributed by atoms with van der Waals surface area (Å²) < 4.78 is 7.72. The van der Waals surface area contributed by atoms with E-state index in [4.69, 9.17) is 4.42 Å². The Bertz CT molecular complexity index is 870. The number of nitrogens with zero attached hydrogens (tertiary/aromatic N) is 3. The van der Waals surface area contributed by atoms with E-state index in [2.05, 4.69) is 15.5 Å². The average molecular weight is 337 g/mol. The molecule has 4 rings (SSSR count). The summed E-state index contributed by atoms with van der Waals surface area (Å²) in [4.78, 5) is 13.6. The second-order valence-electron chi connectivity index (χ2n) is 6.25. The van der Waals surface area contributed by atoms with Crippen molar-refractivity contribution >= 4 is 5.69 Å². The fourth-order valence-electron chi connectivity index (χ4n) is 3.65. The highest BCUT2D eigenvalue weighted by Gasteiger charge is 2.32. The zero-order valence-corrected chi connectivity index (χ0v) is 13.7. The molecule has 0 saturated carbocycles. The molecule has 0 fully saturated rings. The van der Waals surface area contributed by atoms with E-state index in [0.29, 0.717) is 6.54 Å². The maximum absolute atomic E-state index is 11.6. The number of fused-ring (bicyclic) bond motifs is 1. The average Bonchev–Trinajstić information content (AvgIpc) is 3.25. The molecule has 2 aromatic heterocycles. The summed E-state index contributed by atoms with van der Waals surface area (Å²) in [6, 6.07) is 14.7. The van der Waals surface area contributed by atoms with Crippen molar-refractivity contribution in [2.75, 3.05) is 6.54 Å².